The van der Waals surface area contributed by atoms with Gasteiger partial charge in [0.1, 0.15) is 0 Å². The molecule has 0 saturated heterocycles. The van der Waals surface area contributed by atoms with Gasteiger partial charge in [0.05, 0.1) is 12.1 Å². The van der Waals surface area contributed by atoms with Gasteiger partial charge in [-0.05, 0) is 30.9 Å². The largest absolute Gasteiger partial charge is 0.493 e. The molecule has 132 valence electrons. The standard InChI is InChI=1S/C17H23ClN2O4/c1-10-4-3-5-12(6-10)20-17(22)11-7-13(18)16(14(8-11)23-2)24-9-15(19)21/h7-8,10,12H,3-6,9H2,1-2H3,(H2,19,21)(H,20,22). The third kappa shape index (κ3) is 4.77. The summed E-state index contributed by atoms with van der Waals surface area (Å²) in [7, 11) is 1.44. The molecule has 2 atom stereocenters. The van der Waals surface area contributed by atoms with Crippen molar-refractivity contribution in [3.8, 4) is 11.5 Å². The first kappa shape index (κ1) is 18.4. The number of hydrogen-bond acceptors (Lipinski definition) is 4. The zero-order chi connectivity index (χ0) is 17.7. The van der Waals surface area contributed by atoms with E-state index in [1.54, 1.807) is 6.07 Å². The van der Waals surface area contributed by atoms with Gasteiger partial charge in [0, 0.05) is 11.6 Å². The highest BCUT2D eigenvalue weighted by atomic mass is 35.5. The van der Waals surface area contributed by atoms with E-state index in [9.17, 15) is 9.59 Å². The predicted octanol–water partition coefficient (Wildman–Crippen LogP) is 2.52. The topological polar surface area (TPSA) is 90.7 Å². The molecular weight excluding hydrogens is 332 g/mol. The van der Waals surface area contributed by atoms with Crippen molar-refractivity contribution in [3.63, 3.8) is 0 Å². The van der Waals surface area contributed by atoms with E-state index < -0.39 is 5.91 Å². The summed E-state index contributed by atoms with van der Waals surface area (Å²) in [5, 5.41) is 3.24. The number of halogens is 1. The molecule has 24 heavy (non-hydrogen) atoms. The molecule has 0 heterocycles. The van der Waals surface area contributed by atoms with Crippen LogP contribution < -0.4 is 20.5 Å². The lowest BCUT2D eigenvalue weighted by Crippen LogP contribution is -2.38. The summed E-state index contributed by atoms with van der Waals surface area (Å²) < 4.78 is 10.5. The van der Waals surface area contributed by atoms with Crippen LogP contribution in [0, 0.1) is 5.92 Å². The molecule has 1 fully saturated rings. The molecule has 0 aromatic heterocycles. The van der Waals surface area contributed by atoms with Crippen molar-refractivity contribution in [2.45, 2.75) is 38.6 Å². The highest BCUT2D eigenvalue weighted by Gasteiger charge is 2.22. The Morgan fingerprint density at radius 1 is 1.38 bits per heavy atom. The average Bonchev–Trinajstić information content (AvgIpc) is 2.52. The van der Waals surface area contributed by atoms with Gasteiger partial charge in [0.2, 0.25) is 0 Å². The molecule has 2 amide bonds. The van der Waals surface area contributed by atoms with E-state index >= 15 is 0 Å². The average molecular weight is 355 g/mol. The second-order valence-corrected chi connectivity index (χ2v) is 6.59. The first-order chi connectivity index (χ1) is 11.4. The third-order valence-corrected chi connectivity index (χ3v) is 4.40. The van der Waals surface area contributed by atoms with E-state index in [-0.39, 0.29) is 35.1 Å². The van der Waals surface area contributed by atoms with Gasteiger partial charge in [-0.15, -0.1) is 0 Å². The van der Waals surface area contributed by atoms with Crippen molar-refractivity contribution in [1.29, 1.82) is 0 Å². The highest BCUT2D eigenvalue weighted by Crippen LogP contribution is 2.36. The molecule has 7 heteroatoms. The minimum Gasteiger partial charge on any atom is -0.493 e. The number of methoxy groups -OCH3 is 1. The van der Waals surface area contributed by atoms with E-state index in [0.29, 0.717) is 11.5 Å². The molecule has 2 unspecified atom stereocenters. The second-order valence-electron chi connectivity index (χ2n) is 6.19. The summed E-state index contributed by atoms with van der Waals surface area (Å²) in [6.07, 6.45) is 4.30. The monoisotopic (exact) mass is 354 g/mol. The first-order valence-electron chi connectivity index (χ1n) is 8.00. The van der Waals surface area contributed by atoms with Crippen LogP contribution in [0.5, 0.6) is 11.5 Å². The van der Waals surface area contributed by atoms with Crippen molar-refractivity contribution >= 4 is 23.4 Å². The Labute approximate surface area is 146 Å². The Kier molecular flexibility index (Phi) is 6.31. The van der Waals surface area contributed by atoms with Gasteiger partial charge in [-0.2, -0.15) is 0 Å². The van der Waals surface area contributed by atoms with Crippen LogP contribution in [0.15, 0.2) is 12.1 Å². The van der Waals surface area contributed by atoms with E-state index in [1.165, 1.54) is 19.6 Å². The van der Waals surface area contributed by atoms with E-state index in [4.69, 9.17) is 26.8 Å². The number of carbonyl (C=O) groups is 2. The lowest BCUT2D eigenvalue weighted by atomic mass is 9.87. The van der Waals surface area contributed by atoms with E-state index in [0.717, 1.165) is 19.3 Å². The van der Waals surface area contributed by atoms with Crippen molar-refractivity contribution in [2.24, 2.45) is 11.7 Å². The van der Waals surface area contributed by atoms with Crippen molar-refractivity contribution in [1.82, 2.24) is 5.32 Å². The van der Waals surface area contributed by atoms with Crippen LogP contribution in [0.25, 0.3) is 0 Å². The predicted molar refractivity (Wildman–Crippen MR) is 91.6 cm³/mol. The molecule has 1 aliphatic carbocycles. The first-order valence-corrected chi connectivity index (χ1v) is 8.38. The molecule has 3 N–H and O–H groups in total. The van der Waals surface area contributed by atoms with Gasteiger partial charge >= 0.3 is 0 Å². The maximum atomic E-state index is 12.5. The van der Waals surface area contributed by atoms with Crippen molar-refractivity contribution in [3.05, 3.63) is 22.7 Å². The molecule has 0 spiro atoms. The number of ether oxygens (including phenoxy) is 2. The van der Waals surface area contributed by atoms with Crippen LogP contribution in [0.2, 0.25) is 5.02 Å². The fraction of sp³-hybridized carbons (Fsp3) is 0.529. The molecule has 0 radical (unpaired) electrons. The molecule has 1 saturated carbocycles. The lowest BCUT2D eigenvalue weighted by molar-refractivity contribution is -0.119. The van der Waals surface area contributed by atoms with Crippen LogP contribution in [0.1, 0.15) is 43.0 Å². The zero-order valence-corrected chi connectivity index (χ0v) is 14.7. The smallest absolute Gasteiger partial charge is 0.255 e. The van der Waals surface area contributed by atoms with Crippen LogP contribution in [-0.2, 0) is 4.79 Å². The van der Waals surface area contributed by atoms with Gasteiger partial charge < -0.3 is 20.5 Å². The molecule has 1 aromatic rings. The van der Waals surface area contributed by atoms with E-state index in [1.807, 2.05) is 0 Å². The number of nitrogens with one attached hydrogen (secondary N) is 1. The third-order valence-electron chi connectivity index (χ3n) is 4.12. The van der Waals surface area contributed by atoms with Gasteiger partial charge in [-0.3, -0.25) is 9.59 Å². The lowest BCUT2D eigenvalue weighted by Gasteiger charge is -2.27. The maximum Gasteiger partial charge on any atom is 0.255 e. The van der Waals surface area contributed by atoms with Crippen LogP contribution in [-0.4, -0.2) is 31.6 Å². The molecule has 1 aliphatic rings. The van der Waals surface area contributed by atoms with Crippen molar-refractivity contribution in [2.75, 3.05) is 13.7 Å². The molecule has 0 bridgehead atoms. The summed E-state index contributed by atoms with van der Waals surface area (Å²) in [6, 6.07) is 3.23. The Morgan fingerprint density at radius 2 is 2.12 bits per heavy atom. The number of rotatable bonds is 6. The zero-order valence-electron chi connectivity index (χ0n) is 13.9. The quantitative estimate of drug-likeness (QED) is 0.821. The van der Waals surface area contributed by atoms with E-state index in [2.05, 4.69) is 12.2 Å². The minimum atomic E-state index is -0.624. The summed E-state index contributed by atoms with van der Waals surface area (Å²) in [5.41, 5.74) is 5.45. The van der Waals surface area contributed by atoms with Gasteiger partial charge in [-0.1, -0.05) is 31.4 Å². The summed E-state index contributed by atoms with van der Waals surface area (Å²) in [4.78, 5) is 23.3. The summed E-state index contributed by atoms with van der Waals surface area (Å²) >= 11 is 6.17. The molecule has 2 rings (SSSR count). The number of hydrogen-bond donors (Lipinski definition) is 2. The van der Waals surface area contributed by atoms with Crippen LogP contribution in [0.4, 0.5) is 0 Å². The number of primary amides is 1. The Balaban J connectivity index is 2.13. The fourth-order valence-corrected chi connectivity index (χ4v) is 3.23. The minimum absolute atomic E-state index is 0.178. The van der Waals surface area contributed by atoms with Crippen molar-refractivity contribution < 1.29 is 19.1 Å². The molecule has 1 aromatic carbocycles. The highest BCUT2D eigenvalue weighted by molar-refractivity contribution is 6.32. The molecule has 6 nitrogen and oxygen atoms in total. The molecular formula is C17H23ClN2O4. The summed E-state index contributed by atoms with van der Waals surface area (Å²) in [6.45, 7) is 1.88. The Hall–Kier alpha value is -1.95. The number of benzene rings is 1. The number of nitrogens with two attached hydrogens (primary N) is 1. The molecule has 0 aliphatic heterocycles. The van der Waals surface area contributed by atoms with Crippen LogP contribution >= 0.6 is 11.6 Å². The second kappa shape index (κ2) is 8.24. The Bertz CT molecular complexity index is 621. The van der Waals surface area contributed by atoms with Crippen LogP contribution in [0.3, 0.4) is 0 Å². The summed E-state index contributed by atoms with van der Waals surface area (Å²) in [5.74, 6) is 0.274. The number of amides is 2. The van der Waals surface area contributed by atoms with Gasteiger partial charge in [0.15, 0.2) is 18.1 Å². The Morgan fingerprint density at radius 3 is 2.75 bits per heavy atom. The fourth-order valence-electron chi connectivity index (χ4n) is 2.97. The normalized spacial score (nSPS) is 20.3. The van der Waals surface area contributed by atoms with Gasteiger partial charge in [0.25, 0.3) is 11.8 Å². The SMILES string of the molecule is COc1cc(C(=O)NC2CCCC(C)C2)cc(Cl)c1OCC(N)=O. The van der Waals surface area contributed by atoms with Gasteiger partial charge in [-0.25, -0.2) is 0 Å². The maximum absolute atomic E-state index is 12.5. The number of carbonyl (C=O) groups excluding carboxylic acids is 2.